The first-order chi connectivity index (χ1) is 16.7. The molecular formula is C23H17F3N6OS2. The van der Waals surface area contributed by atoms with Crippen molar-refractivity contribution < 1.29 is 18.0 Å². The summed E-state index contributed by atoms with van der Waals surface area (Å²) in [5.41, 5.74) is 8.07. The van der Waals surface area contributed by atoms with Crippen LogP contribution >= 0.6 is 22.7 Å². The number of anilines is 4. The molecule has 0 atom stereocenters. The zero-order valence-electron chi connectivity index (χ0n) is 18.1. The largest absolute Gasteiger partial charge is 0.417 e. The highest BCUT2D eigenvalue weighted by Gasteiger charge is 2.31. The quantitative estimate of drug-likeness (QED) is 0.235. The molecule has 1 amide bonds. The van der Waals surface area contributed by atoms with Crippen LogP contribution in [-0.4, -0.2) is 20.3 Å². The monoisotopic (exact) mass is 514 g/mol. The summed E-state index contributed by atoms with van der Waals surface area (Å²) < 4.78 is 41.0. The number of carbonyl (C=O) groups excluding carboxylic acids is 1. The van der Waals surface area contributed by atoms with Gasteiger partial charge in [-0.2, -0.15) is 13.2 Å². The number of carbonyl (C=O) groups is 1. The van der Waals surface area contributed by atoms with Crippen LogP contribution in [0, 0.1) is 6.92 Å². The summed E-state index contributed by atoms with van der Waals surface area (Å²) in [6.45, 7) is 1.73. The van der Waals surface area contributed by atoms with Crippen molar-refractivity contribution in [2.75, 3.05) is 16.4 Å². The van der Waals surface area contributed by atoms with E-state index in [0.717, 1.165) is 12.3 Å². The lowest BCUT2D eigenvalue weighted by molar-refractivity contribution is -0.137. The van der Waals surface area contributed by atoms with E-state index in [2.05, 4.69) is 20.6 Å². The van der Waals surface area contributed by atoms with E-state index in [1.807, 2.05) is 0 Å². The molecule has 4 heterocycles. The van der Waals surface area contributed by atoms with Gasteiger partial charge in [0.15, 0.2) is 5.13 Å². The topological polar surface area (TPSA) is 97.3 Å². The number of thiophene rings is 1. The smallest absolute Gasteiger partial charge is 0.397 e. The molecule has 0 fully saturated rings. The van der Waals surface area contributed by atoms with E-state index in [0.29, 0.717) is 49.1 Å². The van der Waals surface area contributed by atoms with Crippen molar-refractivity contribution in [3.63, 3.8) is 0 Å². The van der Waals surface area contributed by atoms with Gasteiger partial charge in [0.2, 0.25) is 0 Å². The van der Waals surface area contributed by atoms with E-state index in [1.54, 1.807) is 48.7 Å². The van der Waals surface area contributed by atoms with Crippen LogP contribution < -0.4 is 16.4 Å². The minimum atomic E-state index is -4.46. The van der Waals surface area contributed by atoms with E-state index >= 15 is 0 Å². The average Bonchev–Trinajstić information content (AvgIpc) is 3.52. The molecular weight excluding hydrogens is 497 g/mol. The molecule has 0 radical (unpaired) electrons. The first-order valence-electron chi connectivity index (χ1n) is 10.2. The van der Waals surface area contributed by atoms with Gasteiger partial charge in [0.05, 0.1) is 38.2 Å². The SMILES string of the molecule is Cc1nc2ccc(C(F)(F)F)cn2c1-c1csc(Nc2ccc(C(=O)Nc3ccccc3N)s2)n1. The Morgan fingerprint density at radius 1 is 1.09 bits per heavy atom. The summed E-state index contributed by atoms with van der Waals surface area (Å²) >= 11 is 2.53. The molecule has 0 aliphatic carbocycles. The van der Waals surface area contributed by atoms with Crippen molar-refractivity contribution in [2.45, 2.75) is 13.1 Å². The second-order valence-corrected chi connectivity index (χ2v) is 9.50. The number of rotatable bonds is 5. The molecule has 0 saturated carbocycles. The second-order valence-electron chi connectivity index (χ2n) is 7.56. The van der Waals surface area contributed by atoms with Crippen LogP contribution in [0.2, 0.25) is 0 Å². The van der Waals surface area contributed by atoms with Crippen LogP contribution in [-0.2, 0) is 6.18 Å². The molecule has 7 nitrogen and oxygen atoms in total. The van der Waals surface area contributed by atoms with Gasteiger partial charge in [0.25, 0.3) is 5.91 Å². The maximum absolute atomic E-state index is 13.2. The van der Waals surface area contributed by atoms with Crippen LogP contribution in [0.4, 0.5) is 34.7 Å². The van der Waals surface area contributed by atoms with Crippen LogP contribution in [0.25, 0.3) is 17.0 Å². The molecule has 0 bridgehead atoms. The molecule has 12 heteroatoms. The highest BCUT2D eigenvalue weighted by Crippen LogP contribution is 2.34. The molecule has 0 aliphatic rings. The third kappa shape index (κ3) is 4.57. The van der Waals surface area contributed by atoms with Crippen molar-refractivity contribution in [1.29, 1.82) is 0 Å². The van der Waals surface area contributed by atoms with E-state index < -0.39 is 11.7 Å². The summed E-state index contributed by atoms with van der Waals surface area (Å²) in [5, 5.41) is 8.90. The average molecular weight is 515 g/mol. The molecule has 4 aromatic heterocycles. The Balaban J connectivity index is 1.36. The minimum absolute atomic E-state index is 0.289. The normalized spacial score (nSPS) is 11.7. The van der Waals surface area contributed by atoms with Crippen molar-refractivity contribution in [1.82, 2.24) is 14.4 Å². The van der Waals surface area contributed by atoms with Crippen molar-refractivity contribution in [3.05, 3.63) is 76.2 Å². The van der Waals surface area contributed by atoms with Gasteiger partial charge in [-0.15, -0.1) is 22.7 Å². The Morgan fingerprint density at radius 2 is 1.89 bits per heavy atom. The first kappa shape index (κ1) is 22.9. The Morgan fingerprint density at radius 3 is 2.66 bits per heavy atom. The van der Waals surface area contributed by atoms with Crippen LogP contribution in [0.3, 0.4) is 0 Å². The minimum Gasteiger partial charge on any atom is -0.397 e. The Kier molecular flexibility index (Phi) is 5.69. The van der Waals surface area contributed by atoms with Gasteiger partial charge in [-0.1, -0.05) is 12.1 Å². The van der Waals surface area contributed by atoms with Gasteiger partial charge >= 0.3 is 6.18 Å². The maximum atomic E-state index is 13.2. The number of fused-ring (bicyclic) bond motifs is 1. The Hall–Kier alpha value is -3.90. The van der Waals surface area contributed by atoms with Crippen molar-refractivity contribution in [3.8, 4) is 11.4 Å². The number of hydrogen-bond donors (Lipinski definition) is 3. The van der Waals surface area contributed by atoms with Gasteiger partial charge in [0.1, 0.15) is 11.3 Å². The van der Waals surface area contributed by atoms with Gasteiger partial charge in [0, 0.05) is 11.6 Å². The van der Waals surface area contributed by atoms with Crippen LogP contribution in [0.15, 0.2) is 60.1 Å². The number of thiazole rings is 1. The van der Waals surface area contributed by atoms with E-state index in [4.69, 9.17) is 5.73 Å². The predicted octanol–water partition coefficient (Wildman–Crippen LogP) is 6.42. The highest BCUT2D eigenvalue weighted by atomic mass is 32.1. The first-order valence-corrected chi connectivity index (χ1v) is 11.9. The summed E-state index contributed by atoms with van der Waals surface area (Å²) in [5.74, 6) is -0.289. The number of nitrogen functional groups attached to an aromatic ring is 1. The lowest BCUT2D eigenvalue weighted by Gasteiger charge is -2.07. The second kappa shape index (κ2) is 8.71. The molecule has 0 unspecified atom stereocenters. The fourth-order valence-corrected chi connectivity index (χ4v) is 5.08. The molecule has 178 valence electrons. The number of imidazole rings is 1. The number of halogens is 3. The lowest BCUT2D eigenvalue weighted by Crippen LogP contribution is -2.11. The maximum Gasteiger partial charge on any atom is 0.417 e. The Bertz CT molecular complexity index is 1550. The van der Waals surface area contributed by atoms with Crippen LogP contribution in [0.1, 0.15) is 20.9 Å². The van der Waals surface area contributed by atoms with E-state index in [-0.39, 0.29) is 5.91 Å². The predicted molar refractivity (Wildman–Crippen MR) is 132 cm³/mol. The van der Waals surface area contributed by atoms with Crippen molar-refractivity contribution in [2.24, 2.45) is 0 Å². The molecule has 35 heavy (non-hydrogen) atoms. The third-order valence-electron chi connectivity index (χ3n) is 5.14. The number of nitrogens with zero attached hydrogens (tertiary/aromatic N) is 3. The summed E-state index contributed by atoms with van der Waals surface area (Å²) in [7, 11) is 0. The standard InChI is InChI=1S/C23H17F3N6OS2/c1-12-20(32-10-13(23(24,25)26)6-8-18(32)28-12)16-11-34-22(30-16)31-19-9-7-17(35-19)21(33)29-15-5-3-2-4-14(15)27/h2-11H,27H2,1H3,(H,29,33)(H,30,31). The zero-order chi connectivity index (χ0) is 24.7. The number of pyridine rings is 1. The molecule has 5 aromatic rings. The number of alkyl halides is 3. The number of aryl methyl sites for hydroxylation is 1. The number of aromatic nitrogens is 3. The fourth-order valence-electron chi connectivity index (χ4n) is 3.51. The molecule has 1 aromatic carbocycles. The zero-order valence-corrected chi connectivity index (χ0v) is 19.7. The Labute approximate surface area is 205 Å². The lowest BCUT2D eigenvalue weighted by atomic mass is 10.2. The number of para-hydroxylation sites is 2. The number of nitrogens with one attached hydrogen (secondary N) is 2. The number of benzene rings is 1. The van der Waals surface area contributed by atoms with Gasteiger partial charge in [-0.25, -0.2) is 9.97 Å². The number of nitrogens with two attached hydrogens (primary N) is 1. The highest BCUT2D eigenvalue weighted by molar-refractivity contribution is 7.19. The van der Waals surface area contributed by atoms with Gasteiger partial charge in [-0.3, -0.25) is 9.20 Å². The summed E-state index contributed by atoms with van der Waals surface area (Å²) in [6.07, 6.45) is -3.44. The van der Waals surface area contributed by atoms with E-state index in [1.165, 1.54) is 33.1 Å². The fraction of sp³-hybridized carbons (Fsp3) is 0.0870. The number of hydrogen-bond acceptors (Lipinski definition) is 7. The molecule has 0 saturated heterocycles. The van der Waals surface area contributed by atoms with E-state index in [9.17, 15) is 18.0 Å². The molecule has 0 spiro atoms. The van der Waals surface area contributed by atoms with Crippen molar-refractivity contribution >= 4 is 55.7 Å². The molecule has 4 N–H and O–H groups in total. The summed E-state index contributed by atoms with van der Waals surface area (Å²) in [4.78, 5) is 21.9. The third-order valence-corrected chi connectivity index (χ3v) is 6.89. The molecule has 0 aliphatic heterocycles. The molecule has 5 rings (SSSR count). The van der Waals surface area contributed by atoms with Gasteiger partial charge < -0.3 is 16.4 Å². The number of amides is 1. The van der Waals surface area contributed by atoms with Gasteiger partial charge in [-0.05, 0) is 43.3 Å². The van der Waals surface area contributed by atoms with Crippen LogP contribution in [0.5, 0.6) is 0 Å². The summed E-state index contributed by atoms with van der Waals surface area (Å²) in [6, 6.07) is 12.8.